The van der Waals surface area contributed by atoms with Gasteiger partial charge in [0.15, 0.2) is 5.11 Å². The van der Waals surface area contributed by atoms with E-state index in [1.165, 1.54) is 11.3 Å². The maximum absolute atomic E-state index is 5.80. The molecule has 2 aromatic carbocycles. The molecule has 0 fully saturated rings. The Balaban J connectivity index is 1.74. The van der Waals surface area contributed by atoms with Gasteiger partial charge in [-0.1, -0.05) is 18.2 Å². The maximum Gasteiger partial charge on any atom is 0.174 e. The van der Waals surface area contributed by atoms with Crippen molar-refractivity contribution < 1.29 is 4.74 Å². The van der Waals surface area contributed by atoms with Crippen LogP contribution in [0.5, 0.6) is 5.75 Å². The molecule has 0 aliphatic rings. The molecule has 0 aliphatic carbocycles. The molecule has 0 aliphatic heterocycles. The lowest BCUT2D eigenvalue weighted by Crippen LogP contribution is -2.33. The number of anilines is 2. The molecule has 0 saturated heterocycles. The van der Waals surface area contributed by atoms with Gasteiger partial charge in [-0.15, -0.1) is 0 Å². The van der Waals surface area contributed by atoms with Crippen molar-refractivity contribution >= 4 is 28.7 Å². The first kappa shape index (κ1) is 23.5. The highest BCUT2D eigenvalue weighted by Crippen LogP contribution is 2.19. The number of aromatic nitrogens is 1. The van der Waals surface area contributed by atoms with Crippen LogP contribution in [0.25, 0.3) is 0 Å². The lowest BCUT2D eigenvalue weighted by molar-refractivity contribution is 0.340. The molecule has 0 unspecified atom stereocenters. The summed E-state index contributed by atoms with van der Waals surface area (Å²) >= 11 is 5.80. The summed E-state index contributed by atoms with van der Waals surface area (Å²) in [6.07, 6.45) is 3.67. The van der Waals surface area contributed by atoms with Gasteiger partial charge in [0.2, 0.25) is 0 Å². The fourth-order valence-corrected chi connectivity index (χ4v) is 3.78. The van der Waals surface area contributed by atoms with Crippen LogP contribution < -0.4 is 15.0 Å². The van der Waals surface area contributed by atoms with Crippen molar-refractivity contribution in [3.63, 3.8) is 0 Å². The van der Waals surface area contributed by atoms with Crippen molar-refractivity contribution in [3.8, 4) is 5.75 Å². The van der Waals surface area contributed by atoms with E-state index in [9.17, 15) is 0 Å². The molecule has 0 spiro atoms. The van der Waals surface area contributed by atoms with Gasteiger partial charge in [0.1, 0.15) is 5.75 Å². The Morgan fingerprint density at radius 2 is 1.59 bits per heavy atom. The smallest absolute Gasteiger partial charge is 0.174 e. The van der Waals surface area contributed by atoms with Gasteiger partial charge in [-0.05, 0) is 86.6 Å². The fourth-order valence-electron chi connectivity index (χ4n) is 3.54. The largest absolute Gasteiger partial charge is 0.494 e. The molecule has 0 atom stereocenters. The molecule has 0 bridgehead atoms. The molecule has 3 aromatic rings. The van der Waals surface area contributed by atoms with Crippen molar-refractivity contribution in [1.82, 2.24) is 9.88 Å². The molecule has 168 valence electrons. The third kappa shape index (κ3) is 6.69. The van der Waals surface area contributed by atoms with Crippen LogP contribution in [0.1, 0.15) is 31.9 Å². The molecule has 6 heteroatoms. The summed E-state index contributed by atoms with van der Waals surface area (Å²) < 4.78 is 5.53. The molecule has 3 rings (SSSR count). The van der Waals surface area contributed by atoms with Crippen LogP contribution >= 0.6 is 12.2 Å². The Bertz CT molecular complexity index is 957. The van der Waals surface area contributed by atoms with Crippen molar-refractivity contribution in [3.05, 3.63) is 84.2 Å². The van der Waals surface area contributed by atoms with Gasteiger partial charge in [0.25, 0.3) is 0 Å². The van der Waals surface area contributed by atoms with Crippen LogP contribution in [-0.4, -0.2) is 34.7 Å². The second kappa shape index (κ2) is 12.1. The predicted molar refractivity (Wildman–Crippen MR) is 137 cm³/mol. The zero-order valence-corrected chi connectivity index (χ0v) is 19.9. The second-order valence-electron chi connectivity index (χ2n) is 7.44. The molecule has 0 saturated carbocycles. The van der Waals surface area contributed by atoms with Crippen LogP contribution in [0.15, 0.2) is 73.1 Å². The van der Waals surface area contributed by atoms with E-state index in [1.807, 2.05) is 43.5 Å². The molecule has 0 amide bonds. The third-order valence-electron chi connectivity index (χ3n) is 5.24. The Morgan fingerprint density at radius 1 is 0.906 bits per heavy atom. The van der Waals surface area contributed by atoms with E-state index < -0.39 is 0 Å². The predicted octanol–water partition coefficient (Wildman–Crippen LogP) is 5.73. The van der Waals surface area contributed by atoms with E-state index >= 15 is 0 Å². The number of nitrogens with one attached hydrogen (secondary N) is 1. The van der Waals surface area contributed by atoms with Gasteiger partial charge in [-0.25, -0.2) is 0 Å². The summed E-state index contributed by atoms with van der Waals surface area (Å²) in [5.41, 5.74) is 4.50. The average molecular weight is 449 g/mol. The molecule has 32 heavy (non-hydrogen) atoms. The van der Waals surface area contributed by atoms with Crippen LogP contribution in [0.3, 0.4) is 0 Å². The van der Waals surface area contributed by atoms with Crippen LogP contribution in [-0.2, 0) is 13.1 Å². The van der Waals surface area contributed by atoms with Crippen LogP contribution in [0.4, 0.5) is 11.4 Å². The van der Waals surface area contributed by atoms with Gasteiger partial charge in [-0.3, -0.25) is 4.98 Å². The van der Waals surface area contributed by atoms with E-state index in [-0.39, 0.29) is 0 Å². The van der Waals surface area contributed by atoms with Crippen molar-refractivity contribution in [2.75, 3.05) is 29.9 Å². The molecule has 1 heterocycles. The Kier molecular flexibility index (Phi) is 8.87. The van der Waals surface area contributed by atoms with Crippen molar-refractivity contribution in [2.45, 2.75) is 33.9 Å². The molecule has 5 nitrogen and oxygen atoms in total. The second-order valence-corrected chi connectivity index (χ2v) is 7.83. The number of nitrogens with zero attached hydrogens (tertiary/aromatic N) is 3. The summed E-state index contributed by atoms with van der Waals surface area (Å²) in [6.45, 7) is 10.4. The Labute approximate surface area is 197 Å². The fraction of sp³-hybridized carbons (Fsp3) is 0.308. The van der Waals surface area contributed by atoms with Crippen molar-refractivity contribution in [2.24, 2.45) is 0 Å². The third-order valence-corrected chi connectivity index (χ3v) is 5.60. The number of ether oxygens (including phenoxy) is 1. The van der Waals surface area contributed by atoms with E-state index in [0.717, 1.165) is 30.1 Å². The van der Waals surface area contributed by atoms with E-state index in [1.54, 1.807) is 6.20 Å². The van der Waals surface area contributed by atoms with Crippen LogP contribution in [0.2, 0.25) is 0 Å². The average Bonchev–Trinajstić information content (AvgIpc) is 2.82. The summed E-state index contributed by atoms with van der Waals surface area (Å²) in [5.74, 6) is 0.851. The number of pyridine rings is 1. The first-order valence-electron chi connectivity index (χ1n) is 11.1. The monoisotopic (exact) mass is 448 g/mol. The zero-order valence-electron chi connectivity index (χ0n) is 19.1. The Hall–Kier alpha value is -3.12. The van der Waals surface area contributed by atoms with E-state index in [2.05, 4.69) is 64.3 Å². The van der Waals surface area contributed by atoms with Crippen LogP contribution in [0, 0.1) is 0 Å². The number of hydrogen-bond acceptors (Lipinski definition) is 4. The minimum Gasteiger partial charge on any atom is -0.494 e. The van der Waals surface area contributed by atoms with Crippen molar-refractivity contribution in [1.29, 1.82) is 0 Å². The maximum atomic E-state index is 5.80. The topological polar surface area (TPSA) is 40.6 Å². The van der Waals surface area contributed by atoms with Gasteiger partial charge < -0.3 is 19.9 Å². The first-order valence-corrected chi connectivity index (χ1v) is 11.5. The van der Waals surface area contributed by atoms with Gasteiger partial charge in [0.05, 0.1) is 6.61 Å². The summed E-state index contributed by atoms with van der Waals surface area (Å²) in [5, 5.41) is 4.04. The summed E-state index contributed by atoms with van der Waals surface area (Å²) in [4.78, 5) is 8.76. The molecular formula is C26H32N4OS. The standard InChI is InChI=1S/C26H32N4OS/c1-4-29(5-2)24-13-9-21(10-14-24)19-30(20-22-8-7-17-27-18-22)26(32)28-23-11-15-25(16-12-23)31-6-3/h7-18H,4-6,19-20H2,1-3H3,(H,28,32). The molecule has 0 radical (unpaired) electrons. The highest BCUT2D eigenvalue weighted by atomic mass is 32.1. The van der Waals surface area contributed by atoms with Gasteiger partial charge >= 0.3 is 0 Å². The van der Waals surface area contributed by atoms with Gasteiger partial charge in [-0.2, -0.15) is 0 Å². The van der Waals surface area contributed by atoms with Gasteiger partial charge in [0, 0.05) is 49.9 Å². The number of hydrogen-bond donors (Lipinski definition) is 1. The van der Waals surface area contributed by atoms with E-state index in [0.29, 0.717) is 24.8 Å². The molecule has 1 N–H and O–H groups in total. The summed E-state index contributed by atoms with van der Waals surface area (Å²) in [7, 11) is 0. The summed E-state index contributed by atoms with van der Waals surface area (Å²) in [6, 6.07) is 20.6. The number of benzene rings is 2. The minimum atomic E-state index is 0.650. The quantitative estimate of drug-likeness (QED) is 0.400. The SMILES string of the molecule is CCOc1ccc(NC(=S)N(Cc2ccc(N(CC)CC)cc2)Cc2cccnc2)cc1. The number of thiocarbonyl (C=S) groups is 1. The normalized spacial score (nSPS) is 10.5. The molecule has 1 aromatic heterocycles. The lowest BCUT2D eigenvalue weighted by atomic mass is 10.1. The molecular weight excluding hydrogens is 416 g/mol. The minimum absolute atomic E-state index is 0.650. The number of rotatable bonds is 10. The Morgan fingerprint density at radius 3 is 2.19 bits per heavy atom. The lowest BCUT2D eigenvalue weighted by Gasteiger charge is -2.27. The highest BCUT2D eigenvalue weighted by Gasteiger charge is 2.13. The first-order chi connectivity index (χ1) is 15.6. The van der Waals surface area contributed by atoms with E-state index in [4.69, 9.17) is 17.0 Å². The zero-order chi connectivity index (χ0) is 22.8. The highest BCUT2D eigenvalue weighted by molar-refractivity contribution is 7.80.